The predicted molar refractivity (Wildman–Crippen MR) is 109 cm³/mol. The summed E-state index contributed by atoms with van der Waals surface area (Å²) in [6.07, 6.45) is 2.07. The summed E-state index contributed by atoms with van der Waals surface area (Å²) in [5, 5.41) is 3.53. The van der Waals surface area contributed by atoms with Gasteiger partial charge in [-0.15, -0.1) is 0 Å². The van der Waals surface area contributed by atoms with E-state index in [9.17, 15) is 4.79 Å². The molecule has 3 aromatic rings. The van der Waals surface area contributed by atoms with Crippen molar-refractivity contribution in [2.75, 3.05) is 5.32 Å². The quantitative estimate of drug-likeness (QED) is 0.593. The van der Waals surface area contributed by atoms with Crippen LogP contribution in [0.2, 0.25) is 5.02 Å². The molecule has 2 aromatic carbocycles. The molecule has 1 atom stereocenters. The second-order valence-corrected chi connectivity index (χ2v) is 7.57. The van der Waals surface area contributed by atoms with E-state index in [1.54, 1.807) is 6.07 Å². The van der Waals surface area contributed by atoms with E-state index in [-0.39, 0.29) is 18.0 Å². The van der Waals surface area contributed by atoms with Crippen LogP contribution < -0.4 is 5.32 Å². The minimum atomic E-state index is -0.147. The first-order valence-electron chi connectivity index (χ1n) is 9.14. The molecule has 1 N–H and O–H groups in total. The molecule has 27 heavy (non-hydrogen) atoms. The predicted octanol–water partition coefficient (Wildman–Crippen LogP) is 5.88. The van der Waals surface area contributed by atoms with E-state index in [4.69, 9.17) is 11.6 Å². The SMILES string of the molecule is CC(C)C1c2cccn2-c2ccccc2CN1C(=O)Nc1ccccc1Cl. The lowest BCUT2D eigenvalue weighted by atomic mass is 9.99. The fourth-order valence-corrected chi connectivity index (χ4v) is 4.01. The molecule has 0 radical (unpaired) electrons. The maximum Gasteiger partial charge on any atom is 0.322 e. The van der Waals surface area contributed by atoms with Gasteiger partial charge in [0.15, 0.2) is 0 Å². The number of para-hydroxylation sites is 2. The van der Waals surface area contributed by atoms with Crippen LogP contribution in [0.25, 0.3) is 5.69 Å². The Bertz CT molecular complexity index is 979. The van der Waals surface area contributed by atoms with Gasteiger partial charge in [0.1, 0.15) is 0 Å². The highest BCUT2D eigenvalue weighted by Crippen LogP contribution is 2.37. The lowest BCUT2D eigenvalue weighted by molar-refractivity contribution is 0.162. The van der Waals surface area contributed by atoms with Crippen LogP contribution in [-0.4, -0.2) is 15.5 Å². The molecule has 1 aliphatic heterocycles. The number of hydrogen-bond donors (Lipinski definition) is 1. The molecule has 0 spiro atoms. The van der Waals surface area contributed by atoms with Gasteiger partial charge < -0.3 is 14.8 Å². The molecule has 4 rings (SSSR count). The summed E-state index contributed by atoms with van der Waals surface area (Å²) >= 11 is 6.25. The normalized spacial score (nSPS) is 15.9. The van der Waals surface area contributed by atoms with Crippen LogP contribution >= 0.6 is 11.6 Å². The number of carbonyl (C=O) groups excluding carboxylic acids is 1. The minimum Gasteiger partial charge on any atom is -0.318 e. The number of hydrogen-bond acceptors (Lipinski definition) is 1. The molecule has 5 heteroatoms. The third-order valence-electron chi connectivity index (χ3n) is 5.02. The summed E-state index contributed by atoms with van der Waals surface area (Å²) in [4.78, 5) is 15.2. The zero-order valence-corrected chi connectivity index (χ0v) is 16.1. The number of nitrogens with zero attached hydrogens (tertiary/aromatic N) is 2. The van der Waals surface area contributed by atoms with Crippen LogP contribution in [-0.2, 0) is 6.54 Å². The van der Waals surface area contributed by atoms with Gasteiger partial charge in [0.2, 0.25) is 0 Å². The molecule has 2 heterocycles. The highest BCUT2D eigenvalue weighted by Gasteiger charge is 2.33. The molecule has 4 nitrogen and oxygen atoms in total. The van der Waals surface area contributed by atoms with Gasteiger partial charge in [0, 0.05) is 11.9 Å². The molecule has 1 aliphatic rings. The van der Waals surface area contributed by atoms with E-state index in [0.29, 0.717) is 17.3 Å². The van der Waals surface area contributed by atoms with Crippen LogP contribution in [0.1, 0.15) is 31.1 Å². The van der Waals surface area contributed by atoms with Crippen molar-refractivity contribution in [3.05, 3.63) is 83.1 Å². The summed E-state index contributed by atoms with van der Waals surface area (Å²) in [6, 6.07) is 19.5. The second kappa shape index (κ2) is 7.12. The van der Waals surface area contributed by atoms with Crippen molar-refractivity contribution in [3.8, 4) is 5.69 Å². The molecule has 1 unspecified atom stereocenters. The maximum absolute atomic E-state index is 13.3. The molecule has 0 saturated carbocycles. The van der Waals surface area contributed by atoms with E-state index in [2.05, 4.69) is 48.1 Å². The number of anilines is 1. The smallest absolute Gasteiger partial charge is 0.318 e. The fraction of sp³-hybridized carbons (Fsp3) is 0.227. The van der Waals surface area contributed by atoms with E-state index in [0.717, 1.165) is 16.9 Å². The number of urea groups is 1. The Morgan fingerprint density at radius 2 is 1.81 bits per heavy atom. The Morgan fingerprint density at radius 3 is 2.59 bits per heavy atom. The summed E-state index contributed by atoms with van der Waals surface area (Å²) in [5.74, 6) is 0.255. The van der Waals surface area contributed by atoms with Gasteiger partial charge >= 0.3 is 6.03 Å². The van der Waals surface area contributed by atoms with Crippen molar-refractivity contribution in [1.82, 2.24) is 9.47 Å². The van der Waals surface area contributed by atoms with Gasteiger partial charge in [-0.3, -0.25) is 0 Å². The van der Waals surface area contributed by atoms with Crippen molar-refractivity contribution in [3.63, 3.8) is 0 Å². The van der Waals surface area contributed by atoms with E-state index < -0.39 is 0 Å². The molecular weight excluding hydrogens is 358 g/mol. The van der Waals surface area contributed by atoms with Crippen molar-refractivity contribution < 1.29 is 4.79 Å². The number of halogens is 1. The summed E-state index contributed by atoms with van der Waals surface area (Å²) in [5.41, 5.74) is 3.98. The van der Waals surface area contributed by atoms with Gasteiger partial charge in [-0.2, -0.15) is 0 Å². The molecule has 0 bridgehead atoms. The Kier molecular flexibility index (Phi) is 4.66. The molecule has 0 saturated heterocycles. The monoisotopic (exact) mass is 379 g/mol. The fourth-order valence-electron chi connectivity index (χ4n) is 3.82. The van der Waals surface area contributed by atoms with Crippen molar-refractivity contribution in [2.45, 2.75) is 26.4 Å². The molecule has 2 amide bonds. The molecule has 1 aromatic heterocycles. The summed E-state index contributed by atoms with van der Waals surface area (Å²) < 4.78 is 2.20. The van der Waals surface area contributed by atoms with Crippen LogP contribution in [0, 0.1) is 5.92 Å². The third kappa shape index (κ3) is 3.21. The van der Waals surface area contributed by atoms with Crippen LogP contribution in [0.4, 0.5) is 10.5 Å². The third-order valence-corrected chi connectivity index (χ3v) is 5.35. The van der Waals surface area contributed by atoms with E-state index in [1.807, 2.05) is 41.3 Å². The highest BCUT2D eigenvalue weighted by atomic mass is 35.5. The van der Waals surface area contributed by atoms with Crippen LogP contribution in [0.5, 0.6) is 0 Å². The molecule has 138 valence electrons. The second-order valence-electron chi connectivity index (χ2n) is 7.16. The first-order chi connectivity index (χ1) is 13.1. The summed E-state index contributed by atoms with van der Waals surface area (Å²) in [6.45, 7) is 4.83. The van der Waals surface area contributed by atoms with Gasteiger partial charge in [-0.25, -0.2) is 4.79 Å². The average Bonchev–Trinajstić information content (AvgIpc) is 3.07. The minimum absolute atomic E-state index is 0.0464. The zero-order valence-electron chi connectivity index (χ0n) is 15.4. The van der Waals surface area contributed by atoms with Crippen LogP contribution in [0.15, 0.2) is 66.9 Å². The van der Waals surface area contributed by atoms with E-state index >= 15 is 0 Å². The standard InChI is InChI=1S/C22H22ClN3O/c1-15(2)21-20-12-7-13-25(20)19-11-6-3-8-16(19)14-26(21)22(27)24-18-10-5-4-9-17(18)23/h3-13,15,21H,14H2,1-2H3,(H,24,27). The number of rotatable bonds is 2. The zero-order chi connectivity index (χ0) is 19.0. The first kappa shape index (κ1) is 17.7. The van der Waals surface area contributed by atoms with Gasteiger partial charge in [0.05, 0.1) is 29.0 Å². The highest BCUT2D eigenvalue weighted by molar-refractivity contribution is 6.33. The molecule has 0 fully saturated rings. The van der Waals surface area contributed by atoms with Gasteiger partial charge in [-0.1, -0.05) is 55.8 Å². The topological polar surface area (TPSA) is 37.3 Å². The Hall–Kier alpha value is -2.72. The largest absolute Gasteiger partial charge is 0.322 e. The van der Waals surface area contributed by atoms with Crippen molar-refractivity contribution in [1.29, 1.82) is 0 Å². The average molecular weight is 380 g/mol. The van der Waals surface area contributed by atoms with Gasteiger partial charge in [-0.05, 0) is 41.8 Å². The first-order valence-corrected chi connectivity index (χ1v) is 9.51. The Labute approximate surface area is 164 Å². The number of amides is 2. The Balaban J connectivity index is 1.77. The summed E-state index contributed by atoms with van der Waals surface area (Å²) in [7, 11) is 0. The van der Waals surface area contributed by atoms with Gasteiger partial charge in [0.25, 0.3) is 0 Å². The lowest BCUT2D eigenvalue weighted by Crippen LogP contribution is -2.39. The molecule has 0 aliphatic carbocycles. The Morgan fingerprint density at radius 1 is 1.07 bits per heavy atom. The number of nitrogens with one attached hydrogen (secondary N) is 1. The number of benzene rings is 2. The number of carbonyl (C=O) groups is 1. The maximum atomic E-state index is 13.3. The van der Waals surface area contributed by atoms with Crippen LogP contribution in [0.3, 0.4) is 0 Å². The van der Waals surface area contributed by atoms with Crippen molar-refractivity contribution in [2.24, 2.45) is 5.92 Å². The van der Waals surface area contributed by atoms with Crippen molar-refractivity contribution >= 4 is 23.3 Å². The molecular formula is C22H22ClN3O. The number of fused-ring (bicyclic) bond motifs is 3. The lowest BCUT2D eigenvalue weighted by Gasteiger charge is -2.33. The van der Waals surface area contributed by atoms with E-state index in [1.165, 1.54) is 0 Å². The number of aromatic nitrogens is 1.